The van der Waals surface area contributed by atoms with Crippen LogP contribution >= 0.6 is 11.6 Å². The van der Waals surface area contributed by atoms with Crippen molar-refractivity contribution in [3.63, 3.8) is 0 Å². The third kappa shape index (κ3) is 2.32. The zero-order chi connectivity index (χ0) is 10.8. The molecule has 2 N–H and O–H groups in total. The van der Waals surface area contributed by atoms with Gasteiger partial charge in [0.05, 0.1) is 0 Å². The zero-order valence-corrected chi connectivity index (χ0v) is 9.30. The smallest absolute Gasteiger partial charge is 0.123 e. The molecular weight excluding hydrogens is 213 g/mol. The molecule has 0 aliphatic heterocycles. The minimum absolute atomic E-state index is 0.115. The minimum Gasteiger partial charge on any atom is -0.324 e. The summed E-state index contributed by atoms with van der Waals surface area (Å²) in [4.78, 5) is 0. The van der Waals surface area contributed by atoms with Crippen LogP contribution in [0.25, 0.3) is 0 Å². The van der Waals surface area contributed by atoms with Crippen molar-refractivity contribution in [1.82, 2.24) is 0 Å². The monoisotopic (exact) mass is 227 g/mol. The third-order valence-electron chi connectivity index (χ3n) is 3.22. The Kier molecular flexibility index (Phi) is 3.27. The van der Waals surface area contributed by atoms with Crippen molar-refractivity contribution >= 4 is 11.6 Å². The van der Waals surface area contributed by atoms with Gasteiger partial charge in [-0.15, -0.1) is 0 Å². The van der Waals surface area contributed by atoms with Crippen LogP contribution in [0.1, 0.15) is 37.3 Å². The average Bonchev–Trinajstić information content (AvgIpc) is 2.74. The van der Waals surface area contributed by atoms with Crippen molar-refractivity contribution in [1.29, 1.82) is 0 Å². The molecule has 0 bridgehead atoms. The Morgan fingerprint density at radius 1 is 1.33 bits per heavy atom. The van der Waals surface area contributed by atoms with Crippen LogP contribution in [0.2, 0.25) is 5.02 Å². The van der Waals surface area contributed by atoms with Crippen molar-refractivity contribution in [2.75, 3.05) is 0 Å². The summed E-state index contributed by atoms with van der Waals surface area (Å²) in [5.74, 6) is 0.201. The van der Waals surface area contributed by atoms with E-state index in [1.165, 1.54) is 25.0 Å². The second kappa shape index (κ2) is 4.50. The predicted octanol–water partition coefficient (Wildman–Crippen LogP) is 3.67. The molecule has 1 aliphatic carbocycles. The van der Waals surface area contributed by atoms with Gasteiger partial charge in [-0.05, 0) is 42.5 Å². The first-order chi connectivity index (χ1) is 7.18. The highest BCUT2D eigenvalue weighted by atomic mass is 35.5. The maximum atomic E-state index is 13.1. The maximum Gasteiger partial charge on any atom is 0.123 e. The van der Waals surface area contributed by atoms with Crippen molar-refractivity contribution in [2.24, 2.45) is 11.7 Å². The van der Waals surface area contributed by atoms with Gasteiger partial charge in [0.1, 0.15) is 5.82 Å². The normalized spacial score (nSPS) is 19.4. The summed E-state index contributed by atoms with van der Waals surface area (Å²) >= 11 is 6.02. The predicted molar refractivity (Wildman–Crippen MR) is 60.3 cm³/mol. The quantitative estimate of drug-likeness (QED) is 0.820. The van der Waals surface area contributed by atoms with Crippen molar-refractivity contribution in [2.45, 2.75) is 31.7 Å². The van der Waals surface area contributed by atoms with E-state index in [0.29, 0.717) is 10.9 Å². The maximum absolute atomic E-state index is 13.1. The van der Waals surface area contributed by atoms with Gasteiger partial charge in [0.25, 0.3) is 0 Å². The Hall–Kier alpha value is -0.600. The van der Waals surface area contributed by atoms with Crippen LogP contribution in [0.4, 0.5) is 4.39 Å². The molecule has 15 heavy (non-hydrogen) atoms. The topological polar surface area (TPSA) is 26.0 Å². The average molecular weight is 228 g/mol. The molecule has 1 fully saturated rings. The molecule has 2 rings (SSSR count). The highest BCUT2D eigenvalue weighted by molar-refractivity contribution is 6.31. The molecule has 0 unspecified atom stereocenters. The molecule has 1 saturated carbocycles. The highest BCUT2D eigenvalue weighted by Crippen LogP contribution is 2.36. The van der Waals surface area contributed by atoms with Gasteiger partial charge in [-0.1, -0.05) is 24.4 Å². The molecule has 0 amide bonds. The van der Waals surface area contributed by atoms with Gasteiger partial charge >= 0.3 is 0 Å². The number of hydrogen-bond donors (Lipinski definition) is 1. The molecule has 0 spiro atoms. The Morgan fingerprint density at radius 3 is 2.67 bits per heavy atom. The van der Waals surface area contributed by atoms with Crippen LogP contribution in [0.3, 0.4) is 0 Å². The molecule has 1 aromatic carbocycles. The molecule has 0 saturated heterocycles. The first-order valence-corrected chi connectivity index (χ1v) is 5.77. The van der Waals surface area contributed by atoms with Gasteiger partial charge in [-0.3, -0.25) is 0 Å². The molecular formula is C12H15ClFN. The van der Waals surface area contributed by atoms with Crippen molar-refractivity contribution < 1.29 is 4.39 Å². The molecule has 1 nitrogen and oxygen atoms in total. The third-order valence-corrected chi connectivity index (χ3v) is 3.57. The molecule has 0 heterocycles. The number of hydrogen-bond acceptors (Lipinski definition) is 1. The molecule has 0 radical (unpaired) electrons. The van der Waals surface area contributed by atoms with E-state index in [0.717, 1.165) is 18.4 Å². The van der Waals surface area contributed by atoms with E-state index in [1.54, 1.807) is 6.07 Å². The molecule has 1 aromatic rings. The van der Waals surface area contributed by atoms with Crippen LogP contribution in [0, 0.1) is 11.7 Å². The second-order valence-corrected chi connectivity index (χ2v) is 4.64. The van der Waals surface area contributed by atoms with E-state index in [4.69, 9.17) is 17.3 Å². The largest absolute Gasteiger partial charge is 0.324 e. The number of halogens is 2. The Balaban J connectivity index is 2.23. The summed E-state index contributed by atoms with van der Waals surface area (Å²) in [7, 11) is 0. The minimum atomic E-state index is -0.261. The van der Waals surface area contributed by atoms with Gasteiger partial charge in [0.2, 0.25) is 0 Å². The molecule has 1 atom stereocenters. The molecule has 1 aliphatic rings. The Morgan fingerprint density at radius 2 is 2.00 bits per heavy atom. The fourth-order valence-electron chi connectivity index (χ4n) is 2.34. The van der Waals surface area contributed by atoms with Crippen LogP contribution in [0.5, 0.6) is 0 Å². The first kappa shape index (κ1) is 10.9. The summed E-state index contributed by atoms with van der Waals surface area (Å²) in [6, 6.07) is 4.30. The standard InChI is InChI=1S/C12H15ClFN/c13-11-6-5-9(14)7-10(11)12(15)8-3-1-2-4-8/h5-8,12H,1-4,15H2/t12-/m1/s1. The lowest BCUT2D eigenvalue weighted by Crippen LogP contribution is -2.19. The summed E-state index contributed by atoms with van der Waals surface area (Å²) in [6.45, 7) is 0. The van der Waals surface area contributed by atoms with Gasteiger partial charge in [-0.2, -0.15) is 0 Å². The Labute approximate surface area is 94.4 Å². The number of benzene rings is 1. The van der Waals surface area contributed by atoms with Crippen molar-refractivity contribution in [3.05, 3.63) is 34.6 Å². The van der Waals surface area contributed by atoms with E-state index in [-0.39, 0.29) is 11.9 Å². The SMILES string of the molecule is N[C@@H](c1cc(F)ccc1Cl)C1CCCC1. The van der Waals surface area contributed by atoms with Gasteiger partial charge < -0.3 is 5.73 Å². The fraction of sp³-hybridized carbons (Fsp3) is 0.500. The fourth-order valence-corrected chi connectivity index (χ4v) is 2.58. The Bertz CT molecular complexity index is 347. The van der Waals surface area contributed by atoms with E-state index in [2.05, 4.69) is 0 Å². The summed E-state index contributed by atoms with van der Waals surface area (Å²) < 4.78 is 13.1. The van der Waals surface area contributed by atoms with Crippen LogP contribution in [-0.2, 0) is 0 Å². The lowest BCUT2D eigenvalue weighted by molar-refractivity contribution is 0.443. The van der Waals surface area contributed by atoms with Crippen LogP contribution in [-0.4, -0.2) is 0 Å². The van der Waals surface area contributed by atoms with Crippen LogP contribution in [0.15, 0.2) is 18.2 Å². The van der Waals surface area contributed by atoms with Gasteiger partial charge in [-0.25, -0.2) is 4.39 Å². The summed E-state index contributed by atoms with van der Waals surface area (Å²) in [5.41, 5.74) is 6.87. The number of nitrogens with two attached hydrogens (primary N) is 1. The summed E-state index contributed by atoms with van der Waals surface area (Å²) in [6.07, 6.45) is 4.72. The lowest BCUT2D eigenvalue weighted by atomic mass is 9.92. The zero-order valence-electron chi connectivity index (χ0n) is 8.55. The lowest BCUT2D eigenvalue weighted by Gasteiger charge is -2.20. The van der Waals surface area contributed by atoms with E-state index in [1.807, 2.05) is 0 Å². The van der Waals surface area contributed by atoms with E-state index in [9.17, 15) is 4.39 Å². The van der Waals surface area contributed by atoms with E-state index < -0.39 is 0 Å². The molecule has 3 heteroatoms. The highest BCUT2D eigenvalue weighted by Gasteiger charge is 2.24. The number of rotatable bonds is 2. The second-order valence-electron chi connectivity index (χ2n) is 4.24. The van der Waals surface area contributed by atoms with Gasteiger partial charge in [0, 0.05) is 11.1 Å². The first-order valence-electron chi connectivity index (χ1n) is 5.39. The molecule has 0 aromatic heterocycles. The van der Waals surface area contributed by atoms with Gasteiger partial charge in [0.15, 0.2) is 0 Å². The van der Waals surface area contributed by atoms with Crippen molar-refractivity contribution in [3.8, 4) is 0 Å². The van der Waals surface area contributed by atoms with Crippen LogP contribution < -0.4 is 5.73 Å². The van der Waals surface area contributed by atoms with E-state index >= 15 is 0 Å². The summed E-state index contributed by atoms with van der Waals surface area (Å²) in [5, 5.41) is 0.579. The molecule has 82 valence electrons.